The number of ether oxygens (including phenoxy) is 1. The highest BCUT2D eigenvalue weighted by Gasteiger charge is 2.67. The Kier molecular flexibility index (Phi) is 6.12. The smallest absolute Gasteiger partial charge is 0.303 e. The molecule has 4 aliphatic rings. The fourth-order valence-corrected chi connectivity index (χ4v) is 8.11. The van der Waals surface area contributed by atoms with Gasteiger partial charge in [0.1, 0.15) is 0 Å². The highest BCUT2D eigenvalue weighted by Crippen LogP contribution is 2.67. The van der Waals surface area contributed by atoms with Crippen LogP contribution in [0.15, 0.2) is 52.2 Å². The van der Waals surface area contributed by atoms with Crippen LogP contribution < -0.4 is 4.90 Å². The first kappa shape index (κ1) is 24.8. The molecule has 0 unspecified atom stereocenters. The summed E-state index contributed by atoms with van der Waals surface area (Å²) in [5, 5.41) is 12.9. The van der Waals surface area contributed by atoms with Crippen LogP contribution in [0.1, 0.15) is 77.2 Å². The number of rotatable bonds is 4. The zero-order chi connectivity index (χ0) is 25.8. The lowest BCUT2D eigenvalue weighted by atomic mass is 9.50. The van der Waals surface area contributed by atoms with E-state index in [9.17, 15) is 14.8 Å². The number of carbonyl (C=O) groups excluding carboxylic acids is 2. The van der Waals surface area contributed by atoms with Crippen LogP contribution >= 0.6 is 0 Å². The average Bonchev–Trinajstić information content (AvgIpc) is 3.15. The van der Waals surface area contributed by atoms with Crippen molar-refractivity contribution < 1.29 is 19.5 Å². The van der Waals surface area contributed by atoms with Gasteiger partial charge in [0, 0.05) is 38.0 Å². The number of fused-ring (bicyclic) bond motifs is 4. The molecule has 1 aromatic rings. The third-order valence-electron chi connectivity index (χ3n) is 9.70. The number of anilines is 1. The molecule has 1 N–H and O–H groups in total. The molecule has 0 amide bonds. The van der Waals surface area contributed by atoms with Crippen molar-refractivity contribution in [1.29, 1.82) is 0 Å². The molecule has 5 atom stereocenters. The summed E-state index contributed by atoms with van der Waals surface area (Å²) in [4.78, 5) is 27.6. The normalized spacial score (nSPS) is 34.4. The highest BCUT2D eigenvalue weighted by atomic mass is 16.6. The van der Waals surface area contributed by atoms with Gasteiger partial charge in [0.25, 0.3) is 0 Å². The van der Waals surface area contributed by atoms with Gasteiger partial charge in [0.15, 0.2) is 11.4 Å². The number of hydrogen-bond donors (Lipinski definition) is 1. The number of esters is 1. The Bertz CT molecular complexity index is 1180. The van der Waals surface area contributed by atoms with Crippen molar-refractivity contribution in [1.82, 2.24) is 0 Å². The minimum absolute atomic E-state index is 0.0293. The van der Waals surface area contributed by atoms with E-state index in [1.54, 1.807) is 6.92 Å². The predicted molar refractivity (Wildman–Crippen MR) is 140 cm³/mol. The first-order chi connectivity index (χ1) is 17.1. The molecule has 0 aromatic heterocycles. The van der Waals surface area contributed by atoms with Gasteiger partial charge in [-0.15, -0.1) is 0 Å². The maximum absolute atomic E-state index is 13.2. The third-order valence-corrected chi connectivity index (χ3v) is 9.70. The van der Waals surface area contributed by atoms with E-state index < -0.39 is 11.0 Å². The first-order valence-electron chi connectivity index (χ1n) is 13.2. The lowest BCUT2D eigenvalue weighted by molar-refractivity contribution is -0.182. The Morgan fingerprint density at radius 3 is 2.42 bits per heavy atom. The van der Waals surface area contributed by atoms with Gasteiger partial charge in [-0.3, -0.25) is 9.59 Å². The second-order valence-electron chi connectivity index (χ2n) is 11.6. The van der Waals surface area contributed by atoms with Crippen molar-refractivity contribution in [3.8, 4) is 0 Å². The molecule has 6 nitrogen and oxygen atoms in total. The maximum Gasteiger partial charge on any atom is 0.303 e. The molecule has 0 aliphatic heterocycles. The molecule has 192 valence electrons. The molecule has 0 bridgehead atoms. The fourth-order valence-electron chi connectivity index (χ4n) is 8.11. The Morgan fingerprint density at radius 1 is 1.08 bits per heavy atom. The van der Waals surface area contributed by atoms with Crippen molar-refractivity contribution in [2.75, 3.05) is 19.0 Å². The van der Waals surface area contributed by atoms with Crippen LogP contribution in [0, 0.1) is 17.3 Å². The van der Waals surface area contributed by atoms with E-state index in [0.717, 1.165) is 49.9 Å². The second kappa shape index (κ2) is 8.89. The predicted octanol–water partition coefficient (Wildman–Crippen LogP) is 5.80. The summed E-state index contributed by atoms with van der Waals surface area (Å²) in [6.45, 7) is 5.24. The summed E-state index contributed by atoms with van der Waals surface area (Å²) < 4.78 is 6.02. The summed E-state index contributed by atoms with van der Waals surface area (Å²) in [7, 11) is 4.09. The van der Waals surface area contributed by atoms with Crippen molar-refractivity contribution in [3.05, 3.63) is 52.6 Å². The minimum Gasteiger partial charge on any atom is -0.451 e. The van der Waals surface area contributed by atoms with E-state index in [1.165, 1.54) is 29.2 Å². The van der Waals surface area contributed by atoms with Gasteiger partial charge in [-0.05, 0) is 98.6 Å². The number of ketones is 1. The van der Waals surface area contributed by atoms with Crippen molar-refractivity contribution in [2.45, 2.75) is 77.2 Å². The van der Waals surface area contributed by atoms with Gasteiger partial charge in [-0.25, -0.2) is 0 Å². The van der Waals surface area contributed by atoms with Gasteiger partial charge < -0.3 is 14.8 Å². The number of benzene rings is 1. The maximum atomic E-state index is 13.2. The molecule has 6 heteroatoms. The molecule has 0 spiro atoms. The van der Waals surface area contributed by atoms with E-state index in [0.29, 0.717) is 12.3 Å². The Hall–Kier alpha value is -2.89. The van der Waals surface area contributed by atoms with Crippen LogP contribution in [0.3, 0.4) is 0 Å². The largest absolute Gasteiger partial charge is 0.451 e. The van der Waals surface area contributed by atoms with Gasteiger partial charge in [-0.1, -0.05) is 29.8 Å². The van der Waals surface area contributed by atoms with Gasteiger partial charge in [-0.2, -0.15) is 0 Å². The van der Waals surface area contributed by atoms with Crippen molar-refractivity contribution in [3.63, 3.8) is 0 Å². The molecule has 0 radical (unpaired) electrons. The summed E-state index contributed by atoms with van der Waals surface area (Å²) >= 11 is 0. The molecule has 4 aliphatic carbocycles. The van der Waals surface area contributed by atoms with Gasteiger partial charge in [0.05, 0.1) is 5.71 Å². The second-order valence-corrected chi connectivity index (χ2v) is 11.6. The van der Waals surface area contributed by atoms with E-state index in [-0.39, 0.29) is 23.6 Å². The SMILES string of the molecule is CC(=O)O[C@]1(C(C)=O)CC[C@H]2[C@@H]3CCC4=C/C(=N\O)CCC4=C3[C@@H](c3ccc(N(C)C)cc3)C[C@@]21C. The zero-order valence-corrected chi connectivity index (χ0v) is 22.1. The number of hydrogen-bond acceptors (Lipinski definition) is 6. The van der Waals surface area contributed by atoms with E-state index in [1.807, 2.05) is 14.1 Å². The number of allylic oxidation sites excluding steroid dienone is 4. The molecule has 5 rings (SSSR count). The van der Waals surface area contributed by atoms with Gasteiger partial charge in [0.2, 0.25) is 0 Å². The molecule has 0 heterocycles. The van der Waals surface area contributed by atoms with E-state index in [4.69, 9.17) is 4.74 Å². The summed E-state index contributed by atoms with van der Waals surface area (Å²) in [6.07, 6.45) is 7.91. The number of Topliss-reactive ketones (excluding diaryl/α,β-unsaturated/α-hetero) is 1. The van der Waals surface area contributed by atoms with Gasteiger partial charge >= 0.3 is 5.97 Å². The Labute approximate surface area is 214 Å². The molecular formula is C30H38N2O4. The standard InChI is InChI=1S/C30H38N2O4/c1-18(33)30(36-19(2)34)15-14-27-25-12-8-21-16-22(31-35)9-13-24(21)28(25)26(17-29(27,30)3)20-6-10-23(11-7-20)32(4)5/h6-7,10-11,16,25-27,35H,8-9,12-15,17H2,1-5H3/b31-22-/t25-,26+,27-,29-,30-/m0/s1. The molecule has 2 saturated carbocycles. The quantitative estimate of drug-likeness (QED) is 0.328. The first-order valence-corrected chi connectivity index (χ1v) is 13.2. The molecular weight excluding hydrogens is 452 g/mol. The fraction of sp³-hybridized carbons (Fsp3) is 0.567. The van der Waals surface area contributed by atoms with Crippen molar-refractivity contribution >= 4 is 23.2 Å². The van der Waals surface area contributed by atoms with Crippen LogP contribution in [-0.4, -0.2) is 42.4 Å². The number of nitrogens with zero attached hydrogens (tertiary/aromatic N) is 2. The molecule has 2 fully saturated rings. The minimum atomic E-state index is -1.07. The van der Waals surface area contributed by atoms with Crippen LogP contribution in [-0.2, 0) is 14.3 Å². The lowest BCUT2D eigenvalue weighted by Crippen LogP contribution is -2.57. The third kappa shape index (κ3) is 3.63. The van der Waals surface area contributed by atoms with Crippen LogP contribution in [0.2, 0.25) is 0 Å². The lowest BCUT2D eigenvalue weighted by Gasteiger charge is -2.55. The van der Waals surface area contributed by atoms with Crippen LogP contribution in [0.5, 0.6) is 0 Å². The topological polar surface area (TPSA) is 79.2 Å². The average molecular weight is 491 g/mol. The summed E-state index contributed by atoms with van der Waals surface area (Å²) in [5.74, 6) is 0.374. The van der Waals surface area contributed by atoms with E-state index >= 15 is 0 Å². The van der Waals surface area contributed by atoms with Crippen LogP contribution in [0.4, 0.5) is 5.69 Å². The van der Waals surface area contributed by atoms with Crippen molar-refractivity contribution in [2.24, 2.45) is 22.4 Å². The summed E-state index contributed by atoms with van der Waals surface area (Å²) in [6, 6.07) is 8.79. The van der Waals surface area contributed by atoms with Crippen LogP contribution in [0.25, 0.3) is 0 Å². The Balaban J connectivity index is 1.68. The molecule has 1 aromatic carbocycles. The highest BCUT2D eigenvalue weighted by molar-refractivity contribution is 5.97. The number of oxime groups is 1. The Morgan fingerprint density at radius 2 is 1.81 bits per heavy atom. The summed E-state index contributed by atoms with van der Waals surface area (Å²) in [5.41, 5.74) is 5.89. The molecule has 36 heavy (non-hydrogen) atoms. The zero-order valence-electron chi connectivity index (χ0n) is 22.1. The number of carbonyl (C=O) groups is 2. The van der Waals surface area contributed by atoms with E-state index in [2.05, 4.69) is 47.3 Å². The monoisotopic (exact) mass is 490 g/mol. The molecule has 0 saturated heterocycles.